The first-order valence-corrected chi connectivity index (χ1v) is 8.26. The second-order valence-corrected chi connectivity index (χ2v) is 6.62. The number of nitrogens with zero attached hydrogens (tertiary/aromatic N) is 5. The maximum atomic E-state index is 12.8. The highest BCUT2D eigenvalue weighted by Crippen LogP contribution is 2.32. The van der Waals surface area contributed by atoms with E-state index in [0.717, 1.165) is 36.3 Å². The molecule has 2 atom stereocenters. The van der Waals surface area contributed by atoms with Crippen molar-refractivity contribution in [1.29, 1.82) is 0 Å². The summed E-state index contributed by atoms with van der Waals surface area (Å²) in [5, 5.41) is 8.75. The monoisotopic (exact) mass is 315 g/mol. The van der Waals surface area contributed by atoms with Gasteiger partial charge in [0.05, 0.1) is 24.0 Å². The summed E-state index contributed by atoms with van der Waals surface area (Å²) in [5.74, 6) is 0.205. The molecular weight excluding hydrogens is 290 g/mol. The van der Waals surface area contributed by atoms with Crippen molar-refractivity contribution in [2.75, 3.05) is 6.54 Å². The number of likely N-dealkylation sites (tertiary alicyclic amines) is 1. The molecular formula is C17H25N5O. The number of hydrogen-bond donors (Lipinski definition) is 0. The van der Waals surface area contributed by atoms with E-state index in [1.807, 2.05) is 42.9 Å². The van der Waals surface area contributed by atoms with Crippen LogP contribution in [0.1, 0.15) is 55.2 Å². The Bertz CT molecular complexity index is 702. The van der Waals surface area contributed by atoms with E-state index in [-0.39, 0.29) is 18.0 Å². The topological polar surface area (TPSA) is 56.0 Å². The van der Waals surface area contributed by atoms with Crippen LogP contribution in [0.5, 0.6) is 0 Å². The molecule has 124 valence electrons. The first-order chi connectivity index (χ1) is 11.0. The molecule has 0 saturated carbocycles. The Morgan fingerprint density at radius 2 is 2.22 bits per heavy atom. The van der Waals surface area contributed by atoms with Crippen LogP contribution in [-0.2, 0) is 11.8 Å². The first kappa shape index (κ1) is 15.8. The predicted octanol–water partition coefficient (Wildman–Crippen LogP) is 2.55. The van der Waals surface area contributed by atoms with Crippen molar-refractivity contribution in [1.82, 2.24) is 24.5 Å². The number of aryl methyl sites for hydroxylation is 3. The van der Waals surface area contributed by atoms with Gasteiger partial charge in [-0.3, -0.25) is 14.2 Å². The normalized spacial score (nSPS) is 19.3. The molecule has 2 aromatic heterocycles. The molecule has 0 aliphatic carbocycles. The number of amides is 1. The summed E-state index contributed by atoms with van der Waals surface area (Å²) < 4.78 is 3.76. The van der Waals surface area contributed by atoms with Gasteiger partial charge in [-0.25, -0.2) is 0 Å². The van der Waals surface area contributed by atoms with Crippen molar-refractivity contribution in [3.63, 3.8) is 0 Å². The predicted molar refractivity (Wildman–Crippen MR) is 87.9 cm³/mol. The molecule has 0 bridgehead atoms. The molecule has 0 N–H and O–H groups in total. The second kappa shape index (κ2) is 6.18. The highest BCUT2D eigenvalue weighted by Gasteiger charge is 2.31. The zero-order valence-corrected chi connectivity index (χ0v) is 14.4. The molecule has 2 unspecified atom stereocenters. The van der Waals surface area contributed by atoms with Crippen LogP contribution in [0.3, 0.4) is 0 Å². The minimum absolute atomic E-state index is 0.0753. The van der Waals surface area contributed by atoms with E-state index in [0.29, 0.717) is 6.42 Å². The van der Waals surface area contributed by atoms with Crippen LogP contribution in [0, 0.1) is 13.8 Å². The van der Waals surface area contributed by atoms with Crippen LogP contribution in [0.25, 0.3) is 0 Å². The largest absolute Gasteiger partial charge is 0.335 e. The molecule has 0 aromatic carbocycles. The number of carbonyl (C=O) groups is 1. The van der Waals surface area contributed by atoms with Crippen molar-refractivity contribution >= 4 is 5.91 Å². The van der Waals surface area contributed by atoms with Gasteiger partial charge in [0.25, 0.3) is 0 Å². The van der Waals surface area contributed by atoms with Crippen molar-refractivity contribution in [3.8, 4) is 0 Å². The lowest BCUT2D eigenvalue weighted by Crippen LogP contribution is -2.32. The first-order valence-electron chi connectivity index (χ1n) is 8.26. The Morgan fingerprint density at radius 1 is 1.43 bits per heavy atom. The maximum Gasteiger partial charge on any atom is 0.225 e. The standard InChI is InChI=1S/C17H25N5O/c1-12-8-13(2)22(19-12)14(3)9-17(23)21-7-5-6-16(21)15-10-18-20(4)11-15/h8,10-11,14,16H,5-7,9H2,1-4H3. The van der Waals surface area contributed by atoms with Crippen molar-refractivity contribution in [2.45, 2.75) is 52.1 Å². The van der Waals surface area contributed by atoms with Crippen LogP contribution in [-0.4, -0.2) is 36.9 Å². The minimum atomic E-state index is 0.0753. The Kier molecular flexibility index (Phi) is 4.24. The van der Waals surface area contributed by atoms with Crippen LogP contribution < -0.4 is 0 Å². The molecule has 3 rings (SSSR count). The highest BCUT2D eigenvalue weighted by atomic mass is 16.2. The van der Waals surface area contributed by atoms with Crippen LogP contribution in [0.15, 0.2) is 18.5 Å². The van der Waals surface area contributed by atoms with E-state index in [9.17, 15) is 4.79 Å². The van der Waals surface area contributed by atoms with Gasteiger partial charge in [-0.05, 0) is 39.7 Å². The van der Waals surface area contributed by atoms with Gasteiger partial charge in [0, 0.05) is 37.5 Å². The van der Waals surface area contributed by atoms with Gasteiger partial charge in [-0.1, -0.05) is 0 Å². The molecule has 6 nitrogen and oxygen atoms in total. The lowest BCUT2D eigenvalue weighted by atomic mass is 10.1. The van der Waals surface area contributed by atoms with E-state index in [2.05, 4.69) is 23.2 Å². The van der Waals surface area contributed by atoms with E-state index >= 15 is 0 Å². The average molecular weight is 315 g/mol. The second-order valence-electron chi connectivity index (χ2n) is 6.62. The summed E-state index contributed by atoms with van der Waals surface area (Å²) in [6.07, 6.45) is 6.45. The third-order valence-electron chi connectivity index (χ3n) is 4.61. The summed E-state index contributed by atoms with van der Waals surface area (Å²) in [6.45, 7) is 6.92. The van der Waals surface area contributed by atoms with E-state index in [1.165, 1.54) is 0 Å². The Morgan fingerprint density at radius 3 is 2.83 bits per heavy atom. The zero-order chi connectivity index (χ0) is 16.6. The summed E-state index contributed by atoms with van der Waals surface area (Å²) in [6, 6.07) is 2.30. The van der Waals surface area contributed by atoms with Crippen molar-refractivity contribution < 1.29 is 4.79 Å². The molecule has 1 amide bonds. The number of carbonyl (C=O) groups excluding carboxylic acids is 1. The lowest BCUT2D eigenvalue weighted by Gasteiger charge is -2.25. The zero-order valence-electron chi connectivity index (χ0n) is 14.4. The molecule has 1 aliphatic rings. The Hall–Kier alpha value is -2.11. The van der Waals surface area contributed by atoms with Gasteiger partial charge < -0.3 is 4.90 Å². The smallest absolute Gasteiger partial charge is 0.225 e. The number of aromatic nitrogens is 4. The molecule has 6 heteroatoms. The van der Waals surface area contributed by atoms with Crippen LogP contribution in [0.4, 0.5) is 0 Å². The summed E-state index contributed by atoms with van der Waals surface area (Å²) >= 11 is 0. The maximum absolute atomic E-state index is 12.8. The molecule has 23 heavy (non-hydrogen) atoms. The molecule has 2 aromatic rings. The lowest BCUT2D eigenvalue weighted by molar-refractivity contribution is -0.133. The van der Waals surface area contributed by atoms with Gasteiger partial charge in [0.2, 0.25) is 5.91 Å². The molecule has 0 spiro atoms. The fourth-order valence-corrected chi connectivity index (χ4v) is 3.57. The van der Waals surface area contributed by atoms with Gasteiger partial charge in [-0.15, -0.1) is 0 Å². The van der Waals surface area contributed by atoms with Crippen LogP contribution in [0.2, 0.25) is 0 Å². The SMILES string of the molecule is Cc1cc(C)n(C(C)CC(=O)N2CCCC2c2cnn(C)c2)n1. The number of rotatable bonds is 4. The van der Waals surface area contributed by atoms with Gasteiger partial charge in [-0.2, -0.15) is 10.2 Å². The fourth-order valence-electron chi connectivity index (χ4n) is 3.57. The fraction of sp³-hybridized carbons (Fsp3) is 0.588. The van der Waals surface area contributed by atoms with Crippen molar-refractivity contribution in [3.05, 3.63) is 35.4 Å². The quantitative estimate of drug-likeness (QED) is 0.871. The van der Waals surface area contributed by atoms with Gasteiger partial charge in [0.15, 0.2) is 0 Å². The number of hydrogen-bond acceptors (Lipinski definition) is 3. The Labute approximate surface area is 137 Å². The van der Waals surface area contributed by atoms with Gasteiger partial charge >= 0.3 is 0 Å². The molecule has 1 saturated heterocycles. The Balaban J connectivity index is 1.71. The van der Waals surface area contributed by atoms with Crippen molar-refractivity contribution in [2.24, 2.45) is 7.05 Å². The van der Waals surface area contributed by atoms with Gasteiger partial charge in [0.1, 0.15) is 0 Å². The van der Waals surface area contributed by atoms with E-state index < -0.39 is 0 Å². The van der Waals surface area contributed by atoms with Crippen LogP contribution >= 0.6 is 0 Å². The summed E-state index contributed by atoms with van der Waals surface area (Å²) in [7, 11) is 1.91. The third kappa shape index (κ3) is 3.16. The average Bonchev–Trinajstić information content (AvgIpc) is 3.18. The molecule has 1 aliphatic heterocycles. The minimum Gasteiger partial charge on any atom is -0.335 e. The molecule has 3 heterocycles. The van der Waals surface area contributed by atoms with E-state index in [4.69, 9.17) is 0 Å². The molecule has 0 radical (unpaired) electrons. The summed E-state index contributed by atoms with van der Waals surface area (Å²) in [5.41, 5.74) is 3.24. The third-order valence-corrected chi connectivity index (χ3v) is 4.61. The van der Waals surface area contributed by atoms with E-state index in [1.54, 1.807) is 4.68 Å². The highest BCUT2D eigenvalue weighted by molar-refractivity contribution is 5.77. The molecule has 1 fully saturated rings. The summed E-state index contributed by atoms with van der Waals surface area (Å²) in [4.78, 5) is 14.8.